The number of nitrogens with zero attached hydrogens (tertiary/aromatic N) is 2. The van der Waals surface area contributed by atoms with Crippen LogP contribution in [0.2, 0.25) is 0 Å². The Kier molecular flexibility index (Phi) is 5.41. The molecule has 5 heteroatoms. The van der Waals surface area contributed by atoms with E-state index in [0.29, 0.717) is 12.5 Å². The fourth-order valence-corrected chi connectivity index (χ4v) is 3.57. The molecule has 0 fully saturated rings. The highest BCUT2D eigenvalue weighted by Crippen LogP contribution is 2.28. The monoisotopic (exact) mass is 399 g/mol. The Balaban J connectivity index is 2.29. The molecule has 0 radical (unpaired) electrons. The molecule has 3 nitrogen and oxygen atoms in total. The summed E-state index contributed by atoms with van der Waals surface area (Å²) in [6.07, 6.45) is 1.82. The largest absolute Gasteiger partial charge is 0.330 e. The highest BCUT2D eigenvalue weighted by atomic mass is 79.9. The zero-order valence-electron chi connectivity index (χ0n) is 11.7. The third kappa shape index (κ3) is 3.32. The van der Waals surface area contributed by atoms with E-state index >= 15 is 0 Å². The van der Waals surface area contributed by atoms with Crippen LogP contribution >= 0.6 is 31.9 Å². The van der Waals surface area contributed by atoms with Crippen LogP contribution in [0.5, 0.6) is 0 Å². The molecule has 0 aliphatic carbocycles. The van der Waals surface area contributed by atoms with Gasteiger partial charge in [-0.05, 0) is 53.0 Å². The molecular weight excluding hydrogens is 382 g/mol. The zero-order chi connectivity index (χ0) is 14.7. The predicted molar refractivity (Wildman–Crippen MR) is 89.9 cm³/mol. The second-order valence-electron chi connectivity index (χ2n) is 4.88. The van der Waals surface area contributed by atoms with Gasteiger partial charge in [-0.2, -0.15) is 5.10 Å². The number of benzene rings is 1. The molecule has 108 valence electrons. The molecule has 0 spiro atoms. The van der Waals surface area contributed by atoms with Crippen LogP contribution in [0.4, 0.5) is 0 Å². The minimum atomic E-state index is 0.295. The van der Waals surface area contributed by atoms with Gasteiger partial charge >= 0.3 is 0 Å². The second kappa shape index (κ2) is 6.87. The van der Waals surface area contributed by atoms with Crippen LogP contribution in [0.3, 0.4) is 0 Å². The third-order valence-corrected chi connectivity index (χ3v) is 4.96. The Hall–Kier alpha value is -0.650. The van der Waals surface area contributed by atoms with Crippen LogP contribution in [-0.2, 0) is 19.9 Å². The van der Waals surface area contributed by atoms with E-state index in [1.807, 2.05) is 17.8 Å². The molecule has 1 heterocycles. The van der Waals surface area contributed by atoms with Crippen molar-refractivity contribution >= 4 is 31.9 Å². The molecule has 2 rings (SSSR count). The Morgan fingerprint density at radius 1 is 1.35 bits per heavy atom. The van der Waals surface area contributed by atoms with Crippen LogP contribution in [-0.4, -0.2) is 16.3 Å². The van der Waals surface area contributed by atoms with E-state index in [2.05, 4.69) is 62.1 Å². The van der Waals surface area contributed by atoms with Crippen LogP contribution in [0, 0.1) is 0 Å². The van der Waals surface area contributed by atoms with E-state index in [0.717, 1.165) is 27.5 Å². The molecule has 1 aromatic carbocycles. The summed E-state index contributed by atoms with van der Waals surface area (Å²) in [6, 6.07) is 8.36. The predicted octanol–water partition coefficient (Wildman–Crippen LogP) is 3.79. The van der Waals surface area contributed by atoms with Gasteiger partial charge in [-0.3, -0.25) is 4.68 Å². The van der Waals surface area contributed by atoms with E-state index in [1.54, 1.807) is 0 Å². The van der Waals surface area contributed by atoms with Gasteiger partial charge in [0.1, 0.15) is 0 Å². The average Bonchev–Trinajstić information content (AvgIpc) is 2.71. The first-order chi connectivity index (χ1) is 9.56. The van der Waals surface area contributed by atoms with Crippen molar-refractivity contribution in [2.45, 2.75) is 25.7 Å². The van der Waals surface area contributed by atoms with Crippen LogP contribution < -0.4 is 5.73 Å². The summed E-state index contributed by atoms with van der Waals surface area (Å²) < 4.78 is 4.17. The Labute approximate surface area is 136 Å². The highest BCUT2D eigenvalue weighted by Gasteiger charge is 2.18. The second-order valence-corrected chi connectivity index (χ2v) is 6.58. The van der Waals surface area contributed by atoms with Gasteiger partial charge in [0.25, 0.3) is 0 Å². The SMILES string of the molecule is CCc1nn(C)c(CC(CN)c2cccc(Br)c2)c1Br. The topological polar surface area (TPSA) is 43.8 Å². The Morgan fingerprint density at radius 3 is 2.65 bits per heavy atom. The smallest absolute Gasteiger partial charge is 0.0766 e. The molecule has 1 unspecified atom stereocenters. The first kappa shape index (κ1) is 15.7. The minimum absolute atomic E-state index is 0.295. The number of aromatic nitrogens is 2. The van der Waals surface area contributed by atoms with Crippen molar-refractivity contribution < 1.29 is 0 Å². The van der Waals surface area contributed by atoms with Crippen molar-refractivity contribution in [3.63, 3.8) is 0 Å². The summed E-state index contributed by atoms with van der Waals surface area (Å²) in [5.74, 6) is 0.295. The lowest BCUT2D eigenvalue weighted by molar-refractivity contribution is 0.626. The van der Waals surface area contributed by atoms with Crippen molar-refractivity contribution in [1.82, 2.24) is 9.78 Å². The number of hydrogen-bond acceptors (Lipinski definition) is 2. The number of hydrogen-bond donors (Lipinski definition) is 1. The molecule has 0 amide bonds. The summed E-state index contributed by atoms with van der Waals surface area (Å²) in [5, 5.41) is 4.55. The van der Waals surface area contributed by atoms with E-state index in [-0.39, 0.29) is 0 Å². The van der Waals surface area contributed by atoms with E-state index < -0.39 is 0 Å². The van der Waals surface area contributed by atoms with Gasteiger partial charge in [-0.1, -0.05) is 35.0 Å². The van der Waals surface area contributed by atoms with Crippen molar-refractivity contribution in [1.29, 1.82) is 0 Å². The molecule has 0 aliphatic heterocycles. The first-order valence-corrected chi connectivity index (χ1v) is 8.31. The lowest BCUT2D eigenvalue weighted by Crippen LogP contribution is -2.16. The summed E-state index contributed by atoms with van der Waals surface area (Å²) in [5.41, 5.74) is 9.55. The fourth-order valence-electron chi connectivity index (χ4n) is 2.37. The molecular formula is C15H19Br2N3. The van der Waals surface area contributed by atoms with Crippen molar-refractivity contribution in [2.24, 2.45) is 12.8 Å². The molecule has 2 aromatic rings. The minimum Gasteiger partial charge on any atom is -0.330 e. The van der Waals surface area contributed by atoms with E-state index in [4.69, 9.17) is 5.73 Å². The van der Waals surface area contributed by atoms with Gasteiger partial charge in [-0.25, -0.2) is 0 Å². The summed E-state index contributed by atoms with van der Waals surface area (Å²) in [7, 11) is 1.99. The maximum atomic E-state index is 5.98. The number of nitrogens with two attached hydrogens (primary N) is 1. The fraction of sp³-hybridized carbons (Fsp3) is 0.400. The van der Waals surface area contributed by atoms with Crippen LogP contribution in [0.15, 0.2) is 33.2 Å². The Bertz CT molecular complexity index is 593. The van der Waals surface area contributed by atoms with Gasteiger partial charge in [0.2, 0.25) is 0 Å². The van der Waals surface area contributed by atoms with Crippen molar-refractivity contribution in [3.05, 3.63) is 50.2 Å². The Morgan fingerprint density at radius 2 is 2.10 bits per heavy atom. The average molecular weight is 401 g/mol. The molecule has 1 aromatic heterocycles. The van der Waals surface area contributed by atoms with Gasteiger partial charge in [0.15, 0.2) is 0 Å². The number of aryl methyl sites for hydroxylation is 2. The number of halogens is 2. The van der Waals surface area contributed by atoms with E-state index in [9.17, 15) is 0 Å². The van der Waals surface area contributed by atoms with Crippen molar-refractivity contribution in [2.75, 3.05) is 6.54 Å². The normalized spacial score (nSPS) is 12.7. The lowest BCUT2D eigenvalue weighted by atomic mass is 9.94. The van der Waals surface area contributed by atoms with Gasteiger partial charge < -0.3 is 5.73 Å². The van der Waals surface area contributed by atoms with Gasteiger partial charge in [0, 0.05) is 17.4 Å². The number of rotatable bonds is 5. The van der Waals surface area contributed by atoms with Crippen molar-refractivity contribution in [3.8, 4) is 0 Å². The third-order valence-electron chi connectivity index (χ3n) is 3.55. The van der Waals surface area contributed by atoms with Crippen LogP contribution in [0.25, 0.3) is 0 Å². The molecule has 2 N–H and O–H groups in total. The first-order valence-electron chi connectivity index (χ1n) is 6.72. The van der Waals surface area contributed by atoms with Gasteiger partial charge in [-0.15, -0.1) is 0 Å². The standard InChI is InChI=1S/C15H19Br2N3/c1-3-13-15(17)14(20(2)19-13)8-11(9-18)10-5-4-6-12(16)7-10/h4-7,11H,3,8-9,18H2,1-2H3. The molecule has 0 saturated carbocycles. The molecule has 20 heavy (non-hydrogen) atoms. The van der Waals surface area contributed by atoms with Crippen LogP contribution in [0.1, 0.15) is 29.8 Å². The van der Waals surface area contributed by atoms with Gasteiger partial charge in [0.05, 0.1) is 15.9 Å². The lowest BCUT2D eigenvalue weighted by Gasteiger charge is -2.16. The summed E-state index contributed by atoms with van der Waals surface area (Å²) >= 11 is 7.20. The van der Waals surface area contributed by atoms with E-state index in [1.165, 1.54) is 11.3 Å². The summed E-state index contributed by atoms with van der Waals surface area (Å²) in [4.78, 5) is 0. The summed E-state index contributed by atoms with van der Waals surface area (Å²) in [6.45, 7) is 2.74. The quantitative estimate of drug-likeness (QED) is 0.829. The molecule has 0 aliphatic rings. The highest BCUT2D eigenvalue weighted by molar-refractivity contribution is 9.10. The maximum absolute atomic E-state index is 5.98. The zero-order valence-corrected chi connectivity index (χ0v) is 14.9. The molecule has 1 atom stereocenters. The maximum Gasteiger partial charge on any atom is 0.0766 e. The molecule has 0 bridgehead atoms. The molecule has 0 saturated heterocycles.